The summed E-state index contributed by atoms with van der Waals surface area (Å²) in [5.74, 6) is 0.102. The van der Waals surface area contributed by atoms with Crippen LogP contribution >= 0.6 is 0 Å². The Hall–Kier alpha value is -1.66. The number of nitriles is 1. The van der Waals surface area contributed by atoms with Gasteiger partial charge in [0, 0.05) is 11.6 Å². The summed E-state index contributed by atoms with van der Waals surface area (Å²) in [7, 11) is 1.88. The smallest absolute Gasteiger partial charge is 0.176 e. The highest BCUT2D eigenvalue weighted by molar-refractivity contribution is 5.97. The van der Waals surface area contributed by atoms with Gasteiger partial charge in [0.05, 0.1) is 19.0 Å². The minimum atomic E-state index is 0.102. The molecule has 1 atom stereocenters. The van der Waals surface area contributed by atoms with Gasteiger partial charge in [-0.2, -0.15) is 5.26 Å². The third kappa shape index (κ3) is 3.68. The van der Waals surface area contributed by atoms with Gasteiger partial charge in [-0.3, -0.25) is 9.69 Å². The van der Waals surface area contributed by atoms with E-state index in [4.69, 9.17) is 5.26 Å². The molecular weight excluding hydrogens is 224 g/mol. The highest BCUT2D eigenvalue weighted by atomic mass is 16.1. The van der Waals surface area contributed by atoms with Crippen molar-refractivity contribution in [1.29, 1.82) is 5.26 Å². The molecule has 0 radical (unpaired) electrons. The molecule has 0 N–H and O–H groups in total. The number of nitrogens with zero attached hydrogens (tertiary/aromatic N) is 2. The van der Waals surface area contributed by atoms with E-state index < -0.39 is 0 Å². The van der Waals surface area contributed by atoms with E-state index in [0.29, 0.717) is 13.0 Å². The third-order valence-corrected chi connectivity index (χ3v) is 3.36. The summed E-state index contributed by atoms with van der Waals surface area (Å²) >= 11 is 0. The summed E-state index contributed by atoms with van der Waals surface area (Å²) in [4.78, 5) is 14.0. The molecule has 0 amide bonds. The van der Waals surface area contributed by atoms with E-state index in [2.05, 4.69) is 6.07 Å². The number of rotatable bonds is 5. The number of hydrogen-bond donors (Lipinski definition) is 0. The van der Waals surface area contributed by atoms with Gasteiger partial charge in [0.1, 0.15) is 0 Å². The Morgan fingerprint density at radius 2 is 2.06 bits per heavy atom. The van der Waals surface area contributed by atoms with Crippen LogP contribution in [0.2, 0.25) is 0 Å². The first-order chi connectivity index (χ1) is 8.45. The number of aryl methyl sites for hydroxylation is 2. The molecule has 0 aliphatic rings. The van der Waals surface area contributed by atoms with Crippen molar-refractivity contribution < 1.29 is 4.79 Å². The molecule has 1 aromatic carbocycles. The van der Waals surface area contributed by atoms with Gasteiger partial charge in [-0.1, -0.05) is 12.1 Å². The Labute approximate surface area is 109 Å². The van der Waals surface area contributed by atoms with Crippen LogP contribution < -0.4 is 0 Å². The van der Waals surface area contributed by atoms with E-state index in [1.807, 2.05) is 50.9 Å². The van der Waals surface area contributed by atoms with Crippen LogP contribution in [0.25, 0.3) is 0 Å². The highest BCUT2D eigenvalue weighted by Crippen LogP contribution is 2.11. The Kier molecular flexibility index (Phi) is 5.06. The maximum absolute atomic E-state index is 12.1. The van der Waals surface area contributed by atoms with E-state index in [0.717, 1.165) is 11.1 Å². The van der Waals surface area contributed by atoms with E-state index in [1.165, 1.54) is 5.56 Å². The number of likely N-dealkylation sites (N-methyl/N-ethyl adjacent to an activating group) is 1. The van der Waals surface area contributed by atoms with Gasteiger partial charge in [-0.15, -0.1) is 0 Å². The van der Waals surface area contributed by atoms with Crippen molar-refractivity contribution in [3.8, 4) is 6.07 Å². The summed E-state index contributed by atoms with van der Waals surface area (Å²) in [6, 6.07) is 8.00. The highest BCUT2D eigenvalue weighted by Gasteiger charge is 2.14. The fourth-order valence-corrected chi connectivity index (χ4v) is 1.68. The van der Waals surface area contributed by atoms with E-state index in [1.54, 1.807) is 0 Å². The second-order valence-electron chi connectivity index (χ2n) is 4.85. The van der Waals surface area contributed by atoms with Gasteiger partial charge in [0.2, 0.25) is 0 Å². The summed E-state index contributed by atoms with van der Waals surface area (Å²) in [5, 5.41) is 8.64. The molecule has 18 heavy (non-hydrogen) atoms. The minimum Gasteiger partial charge on any atom is -0.295 e. The monoisotopic (exact) mass is 244 g/mol. The standard InChI is InChI=1S/C15H20N2O/c1-11-5-6-14(9-12(11)2)15(18)10-17(4)13(3)7-8-16/h5-6,9,13H,7,10H2,1-4H3. The van der Waals surface area contributed by atoms with E-state index >= 15 is 0 Å². The van der Waals surface area contributed by atoms with E-state index in [9.17, 15) is 4.79 Å². The molecule has 3 nitrogen and oxygen atoms in total. The maximum atomic E-state index is 12.1. The summed E-state index contributed by atoms with van der Waals surface area (Å²) in [6.07, 6.45) is 0.441. The molecule has 0 aliphatic heterocycles. The number of carbonyl (C=O) groups is 1. The second kappa shape index (κ2) is 6.32. The van der Waals surface area contributed by atoms with Crippen LogP contribution in [0.5, 0.6) is 0 Å². The average Bonchev–Trinajstić information content (AvgIpc) is 2.32. The minimum absolute atomic E-state index is 0.102. The van der Waals surface area contributed by atoms with E-state index in [-0.39, 0.29) is 11.8 Å². The molecule has 1 aromatic rings. The van der Waals surface area contributed by atoms with Gasteiger partial charge >= 0.3 is 0 Å². The number of carbonyl (C=O) groups excluding carboxylic acids is 1. The topological polar surface area (TPSA) is 44.1 Å². The lowest BCUT2D eigenvalue weighted by molar-refractivity contribution is 0.0925. The summed E-state index contributed by atoms with van der Waals surface area (Å²) in [5.41, 5.74) is 3.07. The zero-order chi connectivity index (χ0) is 13.7. The zero-order valence-electron chi connectivity index (χ0n) is 11.5. The molecule has 1 unspecified atom stereocenters. The van der Waals surface area contributed by atoms with Crippen LogP contribution in [0.3, 0.4) is 0 Å². The maximum Gasteiger partial charge on any atom is 0.176 e. The van der Waals surface area contributed by atoms with Crippen LogP contribution in [-0.4, -0.2) is 30.3 Å². The molecule has 0 aromatic heterocycles. The molecule has 0 heterocycles. The number of benzene rings is 1. The third-order valence-electron chi connectivity index (χ3n) is 3.36. The van der Waals surface area contributed by atoms with Gasteiger partial charge in [-0.05, 0) is 45.0 Å². The lowest BCUT2D eigenvalue weighted by Gasteiger charge is -2.21. The van der Waals surface area contributed by atoms with Crippen LogP contribution in [0, 0.1) is 25.2 Å². The van der Waals surface area contributed by atoms with Crippen molar-refractivity contribution in [1.82, 2.24) is 4.90 Å². The van der Waals surface area contributed by atoms with Crippen molar-refractivity contribution in [2.24, 2.45) is 0 Å². The molecule has 3 heteroatoms. The van der Waals surface area contributed by atoms with Crippen molar-refractivity contribution >= 4 is 5.78 Å². The molecule has 96 valence electrons. The molecule has 0 fully saturated rings. The van der Waals surface area contributed by atoms with Crippen LogP contribution in [-0.2, 0) is 0 Å². The first kappa shape index (κ1) is 14.4. The molecule has 0 spiro atoms. The SMILES string of the molecule is Cc1ccc(C(=O)CN(C)C(C)CC#N)cc1C. The molecule has 0 bridgehead atoms. The first-order valence-electron chi connectivity index (χ1n) is 6.13. The Bertz CT molecular complexity index is 474. The van der Waals surface area contributed by atoms with Gasteiger partial charge in [0.25, 0.3) is 0 Å². The Morgan fingerprint density at radius 1 is 1.39 bits per heavy atom. The van der Waals surface area contributed by atoms with Crippen molar-refractivity contribution in [2.45, 2.75) is 33.2 Å². The van der Waals surface area contributed by atoms with Crippen molar-refractivity contribution in [2.75, 3.05) is 13.6 Å². The van der Waals surface area contributed by atoms with Gasteiger partial charge < -0.3 is 0 Å². The largest absolute Gasteiger partial charge is 0.295 e. The molecule has 0 saturated heterocycles. The fraction of sp³-hybridized carbons (Fsp3) is 0.467. The van der Waals surface area contributed by atoms with Crippen molar-refractivity contribution in [3.63, 3.8) is 0 Å². The van der Waals surface area contributed by atoms with Gasteiger partial charge in [-0.25, -0.2) is 0 Å². The van der Waals surface area contributed by atoms with Crippen molar-refractivity contribution in [3.05, 3.63) is 34.9 Å². The lowest BCUT2D eigenvalue weighted by atomic mass is 10.0. The average molecular weight is 244 g/mol. The van der Waals surface area contributed by atoms with Crippen LogP contribution in [0.4, 0.5) is 0 Å². The Balaban J connectivity index is 2.71. The van der Waals surface area contributed by atoms with Gasteiger partial charge in [0.15, 0.2) is 5.78 Å². The summed E-state index contributed by atoms with van der Waals surface area (Å²) < 4.78 is 0. The second-order valence-corrected chi connectivity index (χ2v) is 4.85. The molecular formula is C15H20N2O. The first-order valence-corrected chi connectivity index (χ1v) is 6.13. The fourth-order valence-electron chi connectivity index (χ4n) is 1.68. The normalized spacial score (nSPS) is 12.2. The zero-order valence-corrected chi connectivity index (χ0v) is 11.5. The molecule has 1 rings (SSSR count). The predicted octanol–water partition coefficient (Wildman–Crippen LogP) is 2.72. The molecule has 0 aliphatic carbocycles. The number of ketones is 1. The van der Waals surface area contributed by atoms with Crippen LogP contribution in [0.1, 0.15) is 34.8 Å². The Morgan fingerprint density at radius 3 is 2.61 bits per heavy atom. The van der Waals surface area contributed by atoms with Crippen LogP contribution in [0.15, 0.2) is 18.2 Å². The summed E-state index contributed by atoms with van der Waals surface area (Å²) in [6.45, 7) is 6.35. The number of Topliss-reactive ketones (excluding diaryl/α,β-unsaturated/α-hetero) is 1. The predicted molar refractivity (Wildman–Crippen MR) is 72.6 cm³/mol. The number of hydrogen-bond acceptors (Lipinski definition) is 3. The molecule has 0 saturated carbocycles. The quantitative estimate of drug-likeness (QED) is 0.748. The lowest BCUT2D eigenvalue weighted by Crippen LogP contribution is -2.33.